The van der Waals surface area contributed by atoms with Crippen molar-refractivity contribution in [3.05, 3.63) is 35.4 Å². The Balaban J connectivity index is 1.84. The first-order valence-electron chi connectivity index (χ1n) is 8.02. The van der Waals surface area contributed by atoms with Crippen LogP contribution in [-0.4, -0.2) is 50.4 Å². The Morgan fingerprint density at radius 3 is 2.57 bits per heavy atom. The van der Waals surface area contributed by atoms with Crippen molar-refractivity contribution in [1.82, 2.24) is 10.2 Å². The lowest BCUT2D eigenvalue weighted by molar-refractivity contribution is -0.124. The van der Waals surface area contributed by atoms with Crippen LogP contribution >= 0.6 is 0 Å². The molecule has 1 aliphatic rings. The highest BCUT2D eigenvalue weighted by Crippen LogP contribution is 2.19. The van der Waals surface area contributed by atoms with Gasteiger partial charge in [0.2, 0.25) is 5.91 Å². The number of fused-ring (bicyclic) bond motifs is 1. The number of carbonyl (C=O) groups is 1. The van der Waals surface area contributed by atoms with Gasteiger partial charge in [-0.1, -0.05) is 31.2 Å². The van der Waals surface area contributed by atoms with Crippen molar-refractivity contribution in [3.63, 3.8) is 0 Å². The smallest absolute Gasteiger partial charge is 0.223 e. The van der Waals surface area contributed by atoms with Gasteiger partial charge in [-0.2, -0.15) is 0 Å². The van der Waals surface area contributed by atoms with Crippen molar-refractivity contribution in [2.24, 2.45) is 5.92 Å². The summed E-state index contributed by atoms with van der Waals surface area (Å²) in [4.78, 5) is 14.4. The van der Waals surface area contributed by atoms with Crippen LogP contribution in [0.5, 0.6) is 0 Å². The fourth-order valence-electron chi connectivity index (χ4n) is 2.98. The van der Waals surface area contributed by atoms with Crippen LogP contribution in [0.15, 0.2) is 24.3 Å². The van der Waals surface area contributed by atoms with E-state index in [0.717, 1.165) is 25.8 Å². The zero-order valence-electron chi connectivity index (χ0n) is 14.1. The van der Waals surface area contributed by atoms with Gasteiger partial charge in [-0.3, -0.25) is 9.69 Å². The van der Waals surface area contributed by atoms with Crippen LogP contribution in [0.1, 0.15) is 25.0 Å². The summed E-state index contributed by atoms with van der Waals surface area (Å²) >= 11 is 0. The van der Waals surface area contributed by atoms with Crippen LogP contribution in [0.25, 0.3) is 0 Å². The van der Waals surface area contributed by atoms with Crippen LogP contribution < -0.4 is 5.32 Å². The monoisotopic (exact) mass is 338 g/mol. The molecule has 1 heterocycles. The number of sulfone groups is 1. The lowest BCUT2D eigenvalue weighted by atomic mass is 9.99. The summed E-state index contributed by atoms with van der Waals surface area (Å²) in [6, 6.07) is 8.67. The van der Waals surface area contributed by atoms with E-state index in [4.69, 9.17) is 0 Å². The third kappa shape index (κ3) is 5.32. The summed E-state index contributed by atoms with van der Waals surface area (Å²) in [7, 11) is -3.13. The molecule has 1 amide bonds. The average molecular weight is 338 g/mol. The fraction of sp³-hybridized carbons (Fsp3) is 0.588. The van der Waals surface area contributed by atoms with Gasteiger partial charge in [-0.15, -0.1) is 0 Å². The second-order valence-corrected chi connectivity index (χ2v) is 8.76. The molecule has 1 aromatic carbocycles. The molecular formula is C17H26N2O3S. The number of hydrogen-bond acceptors (Lipinski definition) is 4. The Bertz CT molecular complexity index is 658. The Hall–Kier alpha value is -1.40. The summed E-state index contributed by atoms with van der Waals surface area (Å²) < 4.78 is 22.5. The maximum Gasteiger partial charge on any atom is 0.223 e. The van der Waals surface area contributed by atoms with E-state index >= 15 is 0 Å². The van der Waals surface area contributed by atoms with E-state index in [1.807, 2.05) is 0 Å². The standard InChI is InChI=1S/C17H26N2O3S/c1-13(12-23(3,21)22)17(20)18-10-14(2)19-9-8-15-6-4-5-7-16(15)11-19/h4-7,13-14H,8-12H2,1-3H3,(H,18,20)/t13-,14+/m0/s1. The van der Waals surface area contributed by atoms with Gasteiger partial charge in [0.05, 0.1) is 5.75 Å². The van der Waals surface area contributed by atoms with Crippen LogP contribution in [0, 0.1) is 5.92 Å². The Morgan fingerprint density at radius 1 is 1.26 bits per heavy atom. The maximum atomic E-state index is 12.0. The molecule has 6 heteroatoms. The SMILES string of the molecule is C[C@H](CNC(=O)[C@@H](C)CS(C)(=O)=O)N1CCc2ccccc2C1. The largest absolute Gasteiger partial charge is 0.354 e. The van der Waals surface area contributed by atoms with E-state index in [9.17, 15) is 13.2 Å². The summed E-state index contributed by atoms with van der Waals surface area (Å²) in [6.45, 7) is 6.15. The third-order valence-corrected chi connectivity index (χ3v) is 5.46. The summed E-state index contributed by atoms with van der Waals surface area (Å²) in [5.41, 5.74) is 2.75. The second-order valence-electron chi connectivity index (χ2n) is 6.58. The highest BCUT2D eigenvalue weighted by atomic mass is 32.2. The number of hydrogen-bond donors (Lipinski definition) is 1. The van der Waals surface area contributed by atoms with Crippen molar-refractivity contribution < 1.29 is 13.2 Å². The van der Waals surface area contributed by atoms with Crippen molar-refractivity contribution in [3.8, 4) is 0 Å². The first-order valence-corrected chi connectivity index (χ1v) is 10.1. The number of benzene rings is 1. The molecule has 1 aliphatic heterocycles. The van der Waals surface area contributed by atoms with E-state index in [1.165, 1.54) is 11.1 Å². The maximum absolute atomic E-state index is 12.0. The van der Waals surface area contributed by atoms with Crippen LogP contribution in [0.4, 0.5) is 0 Å². The van der Waals surface area contributed by atoms with E-state index in [0.29, 0.717) is 6.54 Å². The van der Waals surface area contributed by atoms with Gasteiger partial charge in [0, 0.05) is 37.8 Å². The van der Waals surface area contributed by atoms with E-state index in [1.54, 1.807) is 6.92 Å². The number of rotatable bonds is 6. The first kappa shape index (κ1) is 17.9. The van der Waals surface area contributed by atoms with Gasteiger partial charge in [0.15, 0.2) is 0 Å². The molecule has 0 saturated heterocycles. The highest BCUT2D eigenvalue weighted by molar-refractivity contribution is 7.90. The van der Waals surface area contributed by atoms with Gasteiger partial charge in [-0.05, 0) is 24.5 Å². The highest BCUT2D eigenvalue weighted by Gasteiger charge is 2.22. The van der Waals surface area contributed by atoms with Gasteiger partial charge < -0.3 is 5.32 Å². The molecule has 0 spiro atoms. The predicted molar refractivity (Wildman–Crippen MR) is 91.9 cm³/mol. The molecule has 0 saturated carbocycles. The van der Waals surface area contributed by atoms with E-state index in [-0.39, 0.29) is 17.7 Å². The predicted octanol–water partition coefficient (Wildman–Crippen LogP) is 1.23. The number of amides is 1. The Kier molecular flexibility index (Phi) is 5.81. The molecular weight excluding hydrogens is 312 g/mol. The lowest BCUT2D eigenvalue weighted by Gasteiger charge is -2.34. The molecule has 128 valence electrons. The zero-order chi connectivity index (χ0) is 17.0. The van der Waals surface area contributed by atoms with E-state index in [2.05, 4.69) is 41.4 Å². The molecule has 0 unspecified atom stereocenters. The normalized spacial score (nSPS) is 18.0. The number of nitrogens with one attached hydrogen (secondary N) is 1. The number of nitrogens with zero attached hydrogens (tertiary/aromatic N) is 1. The van der Waals surface area contributed by atoms with Crippen LogP contribution in [0.2, 0.25) is 0 Å². The Morgan fingerprint density at radius 2 is 1.91 bits per heavy atom. The topological polar surface area (TPSA) is 66.5 Å². The summed E-state index contributed by atoms with van der Waals surface area (Å²) in [5, 5.41) is 2.88. The van der Waals surface area contributed by atoms with Crippen molar-refractivity contribution in [2.45, 2.75) is 32.9 Å². The molecule has 5 nitrogen and oxygen atoms in total. The molecule has 0 aliphatic carbocycles. The zero-order valence-corrected chi connectivity index (χ0v) is 14.9. The van der Waals surface area contributed by atoms with Gasteiger partial charge >= 0.3 is 0 Å². The van der Waals surface area contributed by atoms with E-state index < -0.39 is 15.8 Å². The van der Waals surface area contributed by atoms with Crippen molar-refractivity contribution in [2.75, 3.05) is 25.1 Å². The minimum atomic E-state index is -3.13. The molecule has 2 rings (SSSR count). The molecule has 1 aromatic rings. The summed E-state index contributed by atoms with van der Waals surface area (Å²) in [5.74, 6) is -0.816. The third-order valence-electron chi connectivity index (χ3n) is 4.36. The molecule has 0 radical (unpaired) electrons. The average Bonchev–Trinajstić information content (AvgIpc) is 2.50. The number of carbonyl (C=O) groups excluding carboxylic acids is 1. The molecule has 23 heavy (non-hydrogen) atoms. The Labute approximate surface area is 139 Å². The molecule has 2 atom stereocenters. The molecule has 0 bridgehead atoms. The first-order chi connectivity index (χ1) is 10.8. The lowest BCUT2D eigenvalue weighted by Crippen LogP contribution is -2.45. The van der Waals surface area contributed by atoms with Crippen LogP contribution in [0.3, 0.4) is 0 Å². The molecule has 0 fully saturated rings. The summed E-state index contributed by atoms with van der Waals surface area (Å²) in [6.07, 6.45) is 2.18. The molecule has 0 aromatic heterocycles. The minimum absolute atomic E-state index is 0.107. The van der Waals surface area contributed by atoms with Crippen LogP contribution in [-0.2, 0) is 27.6 Å². The fourth-order valence-corrected chi connectivity index (χ4v) is 4.03. The quantitative estimate of drug-likeness (QED) is 0.847. The van der Waals surface area contributed by atoms with Gasteiger partial charge in [-0.25, -0.2) is 8.42 Å². The van der Waals surface area contributed by atoms with Crippen molar-refractivity contribution >= 4 is 15.7 Å². The van der Waals surface area contributed by atoms with Crippen molar-refractivity contribution in [1.29, 1.82) is 0 Å². The second kappa shape index (κ2) is 7.45. The molecule has 1 N–H and O–H groups in total. The van der Waals surface area contributed by atoms with Gasteiger partial charge in [0.1, 0.15) is 9.84 Å². The minimum Gasteiger partial charge on any atom is -0.354 e. The van der Waals surface area contributed by atoms with Gasteiger partial charge in [0.25, 0.3) is 0 Å².